The quantitative estimate of drug-likeness (QED) is 0.796. The number of carbonyl (C=O) groups is 2. The Bertz CT molecular complexity index is 750. The van der Waals surface area contributed by atoms with E-state index in [2.05, 4.69) is 15.3 Å². The SMILES string of the molecule is COCC(NC(=O)C1CCCN1c1ncnc2sccc12)C(=O)O. The molecule has 1 amide bonds. The van der Waals surface area contributed by atoms with Gasteiger partial charge in [-0.15, -0.1) is 11.3 Å². The van der Waals surface area contributed by atoms with Crippen LogP contribution in [0.3, 0.4) is 0 Å². The maximum atomic E-state index is 12.6. The fourth-order valence-corrected chi connectivity index (χ4v) is 3.64. The Kier molecular flexibility index (Phi) is 4.91. The van der Waals surface area contributed by atoms with E-state index in [1.54, 1.807) is 0 Å². The topological polar surface area (TPSA) is 105 Å². The predicted octanol–water partition coefficient (Wildman–Crippen LogP) is 0.876. The van der Waals surface area contributed by atoms with Crippen LogP contribution in [-0.2, 0) is 14.3 Å². The van der Waals surface area contributed by atoms with Gasteiger partial charge in [0.1, 0.15) is 23.0 Å². The number of carbonyl (C=O) groups excluding carboxylic acids is 1. The van der Waals surface area contributed by atoms with E-state index in [4.69, 9.17) is 9.84 Å². The number of aromatic nitrogens is 2. The van der Waals surface area contributed by atoms with Crippen molar-refractivity contribution in [1.29, 1.82) is 0 Å². The molecule has 9 heteroatoms. The van der Waals surface area contributed by atoms with Crippen LogP contribution in [-0.4, -0.2) is 59.3 Å². The van der Waals surface area contributed by atoms with Gasteiger partial charge in [0.05, 0.1) is 12.0 Å². The molecule has 24 heavy (non-hydrogen) atoms. The summed E-state index contributed by atoms with van der Waals surface area (Å²) in [6.07, 6.45) is 2.99. The number of amides is 1. The third-order valence-corrected chi connectivity index (χ3v) is 4.84. The van der Waals surface area contributed by atoms with Gasteiger partial charge in [0.25, 0.3) is 0 Å². The molecule has 3 rings (SSSR count). The maximum Gasteiger partial charge on any atom is 0.328 e. The number of thiophene rings is 1. The third kappa shape index (κ3) is 3.17. The van der Waals surface area contributed by atoms with E-state index in [9.17, 15) is 9.59 Å². The van der Waals surface area contributed by atoms with Gasteiger partial charge in [-0.1, -0.05) is 0 Å². The minimum Gasteiger partial charge on any atom is -0.480 e. The van der Waals surface area contributed by atoms with Gasteiger partial charge in [-0.05, 0) is 24.3 Å². The van der Waals surface area contributed by atoms with Crippen LogP contribution in [0.4, 0.5) is 5.82 Å². The largest absolute Gasteiger partial charge is 0.480 e. The van der Waals surface area contributed by atoms with Crippen molar-refractivity contribution in [1.82, 2.24) is 15.3 Å². The average molecular weight is 350 g/mol. The molecule has 8 nitrogen and oxygen atoms in total. The summed E-state index contributed by atoms with van der Waals surface area (Å²) in [4.78, 5) is 35.2. The summed E-state index contributed by atoms with van der Waals surface area (Å²) in [5, 5.41) is 14.6. The molecule has 0 aromatic carbocycles. The summed E-state index contributed by atoms with van der Waals surface area (Å²) in [5.41, 5.74) is 0. The zero-order valence-corrected chi connectivity index (χ0v) is 14.0. The molecule has 0 aliphatic carbocycles. The highest BCUT2D eigenvalue weighted by molar-refractivity contribution is 7.16. The molecule has 2 atom stereocenters. The zero-order chi connectivity index (χ0) is 17.1. The average Bonchev–Trinajstić information content (AvgIpc) is 3.22. The van der Waals surface area contributed by atoms with Gasteiger partial charge in [0.15, 0.2) is 6.04 Å². The Labute approximate surface area is 142 Å². The first kappa shape index (κ1) is 16.6. The molecule has 1 saturated heterocycles. The molecule has 1 aliphatic rings. The highest BCUT2D eigenvalue weighted by Crippen LogP contribution is 2.31. The molecule has 2 unspecified atom stereocenters. The molecule has 2 aromatic heterocycles. The van der Waals surface area contributed by atoms with E-state index >= 15 is 0 Å². The van der Waals surface area contributed by atoms with Crippen LogP contribution in [0, 0.1) is 0 Å². The van der Waals surface area contributed by atoms with Crippen molar-refractivity contribution in [3.63, 3.8) is 0 Å². The predicted molar refractivity (Wildman–Crippen MR) is 89.2 cm³/mol. The van der Waals surface area contributed by atoms with Gasteiger partial charge in [0.2, 0.25) is 5.91 Å². The van der Waals surface area contributed by atoms with Gasteiger partial charge >= 0.3 is 5.97 Å². The van der Waals surface area contributed by atoms with Crippen LogP contribution >= 0.6 is 11.3 Å². The molecule has 0 spiro atoms. The molecule has 2 aromatic rings. The molecule has 1 aliphatic heterocycles. The third-order valence-electron chi connectivity index (χ3n) is 4.02. The number of hydrogen-bond acceptors (Lipinski definition) is 7. The van der Waals surface area contributed by atoms with E-state index < -0.39 is 18.1 Å². The normalized spacial score (nSPS) is 18.7. The zero-order valence-electron chi connectivity index (χ0n) is 13.1. The number of rotatable bonds is 6. The summed E-state index contributed by atoms with van der Waals surface area (Å²) >= 11 is 1.52. The molecule has 0 bridgehead atoms. The highest BCUT2D eigenvalue weighted by Gasteiger charge is 2.34. The van der Waals surface area contributed by atoms with Gasteiger partial charge in [-0.3, -0.25) is 4.79 Å². The Balaban J connectivity index is 1.81. The number of aliphatic carboxylic acids is 1. The Morgan fingerprint density at radius 1 is 1.54 bits per heavy atom. The van der Waals surface area contributed by atoms with Crippen LogP contribution in [0.2, 0.25) is 0 Å². The summed E-state index contributed by atoms with van der Waals surface area (Å²) < 4.78 is 4.86. The van der Waals surface area contributed by atoms with Crippen molar-refractivity contribution in [2.24, 2.45) is 0 Å². The molecular weight excluding hydrogens is 332 g/mol. The van der Waals surface area contributed by atoms with Crippen molar-refractivity contribution in [2.75, 3.05) is 25.2 Å². The van der Waals surface area contributed by atoms with Crippen molar-refractivity contribution < 1.29 is 19.4 Å². The maximum absolute atomic E-state index is 12.6. The van der Waals surface area contributed by atoms with E-state index in [1.165, 1.54) is 24.8 Å². The van der Waals surface area contributed by atoms with Crippen LogP contribution in [0.25, 0.3) is 10.2 Å². The molecule has 3 heterocycles. The van der Waals surface area contributed by atoms with Crippen LogP contribution < -0.4 is 10.2 Å². The van der Waals surface area contributed by atoms with Gasteiger partial charge < -0.3 is 20.1 Å². The van der Waals surface area contributed by atoms with Crippen LogP contribution in [0.5, 0.6) is 0 Å². The monoisotopic (exact) mass is 350 g/mol. The smallest absolute Gasteiger partial charge is 0.328 e. The minimum atomic E-state index is -1.11. The van der Waals surface area contributed by atoms with Crippen molar-refractivity contribution in [3.8, 4) is 0 Å². The van der Waals surface area contributed by atoms with E-state index in [1.807, 2.05) is 16.3 Å². The number of nitrogens with zero attached hydrogens (tertiary/aromatic N) is 3. The standard InChI is InChI=1S/C15H18N4O4S/c1-23-7-10(15(21)22)18-13(20)11-3-2-5-19(11)12-9-4-6-24-14(9)17-8-16-12/h4,6,8,10-11H,2-3,5,7H2,1H3,(H,18,20)(H,21,22). The first-order chi connectivity index (χ1) is 11.6. The van der Waals surface area contributed by atoms with Gasteiger partial charge in [-0.2, -0.15) is 0 Å². The lowest BCUT2D eigenvalue weighted by Crippen LogP contribution is -2.51. The molecule has 128 valence electrons. The lowest BCUT2D eigenvalue weighted by molar-refractivity contribution is -0.143. The molecule has 0 radical (unpaired) electrons. The second kappa shape index (κ2) is 7.10. The number of carboxylic acids is 1. The number of nitrogens with one attached hydrogen (secondary N) is 1. The minimum absolute atomic E-state index is 0.0733. The Hall–Kier alpha value is -2.26. The Morgan fingerprint density at radius 3 is 3.12 bits per heavy atom. The molecule has 2 N–H and O–H groups in total. The lowest BCUT2D eigenvalue weighted by Gasteiger charge is -2.26. The Morgan fingerprint density at radius 2 is 2.38 bits per heavy atom. The fourth-order valence-electron chi connectivity index (χ4n) is 2.91. The fraction of sp³-hybridized carbons (Fsp3) is 0.467. The van der Waals surface area contributed by atoms with Crippen molar-refractivity contribution in [2.45, 2.75) is 24.9 Å². The molecule has 1 fully saturated rings. The van der Waals surface area contributed by atoms with Crippen LogP contribution in [0.15, 0.2) is 17.8 Å². The second-order valence-electron chi connectivity index (χ2n) is 5.54. The first-order valence-electron chi connectivity index (χ1n) is 7.58. The number of hydrogen-bond donors (Lipinski definition) is 2. The number of carboxylic acid groups (broad SMARTS) is 1. The van der Waals surface area contributed by atoms with E-state index in [0.717, 1.165) is 22.5 Å². The highest BCUT2D eigenvalue weighted by atomic mass is 32.1. The first-order valence-corrected chi connectivity index (χ1v) is 8.46. The number of anilines is 1. The van der Waals surface area contributed by atoms with Crippen molar-refractivity contribution in [3.05, 3.63) is 17.8 Å². The number of methoxy groups -OCH3 is 1. The van der Waals surface area contributed by atoms with Gasteiger partial charge in [-0.25, -0.2) is 14.8 Å². The van der Waals surface area contributed by atoms with Crippen molar-refractivity contribution >= 4 is 39.2 Å². The summed E-state index contributed by atoms with van der Waals surface area (Å²) in [6, 6.07) is 0.436. The lowest BCUT2D eigenvalue weighted by atomic mass is 10.2. The molecule has 0 saturated carbocycles. The molecular formula is C15H18N4O4S. The number of ether oxygens (including phenoxy) is 1. The second-order valence-corrected chi connectivity index (χ2v) is 6.44. The summed E-state index contributed by atoms with van der Waals surface area (Å²) in [6.45, 7) is 0.623. The number of fused-ring (bicyclic) bond motifs is 1. The van der Waals surface area contributed by atoms with Gasteiger partial charge in [0, 0.05) is 13.7 Å². The van der Waals surface area contributed by atoms with Crippen LogP contribution in [0.1, 0.15) is 12.8 Å². The van der Waals surface area contributed by atoms with E-state index in [-0.39, 0.29) is 12.5 Å². The summed E-state index contributed by atoms with van der Waals surface area (Å²) in [7, 11) is 1.40. The van der Waals surface area contributed by atoms with E-state index in [0.29, 0.717) is 13.0 Å². The summed E-state index contributed by atoms with van der Waals surface area (Å²) in [5.74, 6) is -0.714.